The van der Waals surface area contributed by atoms with Gasteiger partial charge in [0.2, 0.25) is 0 Å². The summed E-state index contributed by atoms with van der Waals surface area (Å²) in [7, 11) is 0. The third-order valence-corrected chi connectivity index (χ3v) is 3.54. The summed E-state index contributed by atoms with van der Waals surface area (Å²) in [5.74, 6) is 0.0232. The molecular formula is C12H21N3O3. The maximum absolute atomic E-state index is 11.8. The fourth-order valence-electron chi connectivity index (χ4n) is 2.20. The normalized spacial score (nSPS) is 20.8. The van der Waals surface area contributed by atoms with Crippen LogP contribution >= 0.6 is 0 Å². The van der Waals surface area contributed by atoms with E-state index in [-0.39, 0.29) is 12.6 Å². The Hall–Kier alpha value is -1.30. The predicted octanol–water partition coefficient (Wildman–Crippen LogP) is 0.198. The van der Waals surface area contributed by atoms with Crippen molar-refractivity contribution >= 4 is 12.0 Å². The van der Waals surface area contributed by atoms with E-state index in [9.17, 15) is 9.59 Å². The van der Waals surface area contributed by atoms with Crippen molar-refractivity contribution in [2.45, 2.75) is 19.3 Å². The van der Waals surface area contributed by atoms with Crippen LogP contribution in [-0.2, 0) is 4.79 Å². The molecule has 0 atom stereocenters. The first-order valence-electron chi connectivity index (χ1n) is 6.62. The van der Waals surface area contributed by atoms with Gasteiger partial charge in [-0.25, -0.2) is 4.79 Å². The summed E-state index contributed by atoms with van der Waals surface area (Å²) >= 11 is 0. The van der Waals surface area contributed by atoms with Crippen molar-refractivity contribution in [1.82, 2.24) is 15.1 Å². The molecule has 102 valence electrons. The van der Waals surface area contributed by atoms with Gasteiger partial charge in [0.1, 0.15) is 0 Å². The zero-order valence-electron chi connectivity index (χ0n) is 10.6. The topological polar surface area (TPSA) is 72.9 Å². The highest BCUT2D eigenvalue weighted by molar-refractivity contribution is 5.74. The van der Waals surface area contributed by atoms with E-state index in [0.29, 0.717) is 26.2 Å². The SMILES string of the molecule is O=C(O)CN1CCN(C(=O)NCCC2CC2)CC1. The van der Waals surface area contributed by atoms with Crippen LogP contribution in [0.2, 0.25) is 0 Å². The molecule has 2 rings (SSSR count). The van der Waals surface area contributed by atoms with Crippen LogP contribution in [0.1, 0.15) is 19.3 Å². The second-order valence-electron chi connectivity index (χ2n) is 5.12. The number of aliphatic carboxylic acids is 1. The van der Waals surface area contributed by atoms with E-state index >= 15 is 0 Å². The molecule has 6 heteroatoms. The molecule has 0 spiro atoms. The van der Waals surface area contributed by atoms with Gasteiger partial charge in [-0.2, -0.15) is 0 Å². The maximum atomic E-state index is 11.8. The molecule has 0 bridgehead atoms. The monoisotopic (exact) mass is 255 g/mol. The minimum absolute atomic E-state index is 0.00868. The second-order valence-corrected chi connectivity index (χ2v) is 5.12. The molecule has 2 fully saturated rings. The molecule has 0 aromatic carbocycles. The molecule has 1 aliphatic carbocycles. The van der Waals surface area contributed by atoms with Crippen LogP contribution in [0.15, 0.2) is 0 Å². The van der Waals surface area contributed by atoms with Crippen LogP contribution in [-0.4, -0.2) is 66.2 Å². The van der Waals surface area contributed by atoms with E-state index in [1.807, 2.05) is 4.90 Å². The van der Waals surface area contributed by atoms with Crippen molar-refractivity contribution in [3.05, 3.63) is 0 Å². The predicted molar refractivity (Wildman–Crippen MR) is 66.4 cm³/mol. The number of carboxylic acids is 1. The summed E-state index contributed by atoms with van der Waals surface area (Å²) in [6.45, 7) is 3.34. The van der Waals surface area contributed by atoms with Crippen LogP contribution in [0.25, 0.3) is 0 Å². The van der Waals surface area contributed by atoms with E-state index in [2.05, 4.69) is 5.32 Å². The smallest absolute Gasteiger partial charge is 0.317 e. The summed E-state index contributed by atoms with van der Waals surface area (Å²) in [5.41, 5.74) is 0. The Bertz CT molecular complexity index is 310. The van der Waals surface area contributed by atoms with E-state index in [4.69, 9.17) is 5.11 Å². The molecule has 6 nitrogen and oxygen atoms in total. The van der Waals surface area contributed by atoms with Crippen LogP contribution < -0.4 is 5.32 Å². The molecule has 2 aliphatic rings. The average Bonchev–Trinajstić information content (AvgIpc) is 3.13. The lowest BCUT2D eigenvalue weighted by Crippen LogP contribution is -2.52. The van der Waals surface area contributed by atoms with E-state index in [1.165, 1.54) is 12.8 Å². The van der Waals surface area contributed by atoms with Gasteiger partial charge in [0.25, 0.3) is 0 Å². The largest absolute Gasteiger partial charge is 0.480 e. The summed E-state index contributed by atoms with van der Waals surface area (Å²) in [6.07, 6.45) is 3.71. The lowest BCUT2D eigenvalue weighted by atomic mass is 10.3. The Morgan fingerprint density at radius 1 is 1.17 bits per heavy atom. The molecular weight excluding hydrogens is 234 g/mol. The zero-order chi connectivity index (χ0) is 13.0. The van der Waals surface area contributed by atoms with Crippen molar-refractivity contribution in [1.29, 1.82) is 0 Å². The summed E-state index contributed by atoms with van der Waals surface area (Å²) < 4.78 is 0. The van der Waals surface area contributed by atoms with Gasteiger partial charge in [-0.3, -0.25) is 9.69 Å². The van der Waals surface area contributed by atoms with Gasteiger partial charge < -0.3 is 15.3 Å². The molecule has 2 amide bonds. The summed E-state index contributed by atoms with van der Waals surface area (Å²) in [4.78, 5) is 26.0. The molecule has 0 aromatic heterocycles. The van der Waals surface area contributed by atoms with E-state index in [1.54, 1.807) is 4.90 Å². The number of nitrogens with one attached hydrogen (secondary N) is 1. The minimum Gasteiger partial charge on any atom is -0.480 e. The number of carbonyl (C=O) groups excluding carboxylic acids is 1. The average molecular weight is 255 g/mol. The number of hydrogen-bond donors (Lipinski definition) is 2. The lowest BCUT2D eigenvalue weighted by molar-refractivity contribution is -0.138. The third kappa shape index (κ3) is 4.18. The molecule has 1 saturated carbocycles. The Kier molecular flexibility index (Phi) is 4.41. The number of carbonyl (C=O) groups is 2. The first-order valence-corrected chi connectivity index (χ1v) is 6.62. The van der Waals surface area contributed by atoms with Gasteiger partial charge in [-0.15, -0.1) is 0 Å². The number of piperazine rings is 1. The van der Waals surface area contributed by atoms with Gasteiger partial charge in [-0.05, 0) is 12.3 Å². The van der Waals surface area contributed by atoms with Gasteiger partial charge in [0, 0.05) is 32.7 Å². The van der Waals surface area contributed by atoms with Crippen molar-refractivity contribution in [2.24, 2.45) is 5.92 Å². The number of amides is 2. The summed E-state index contributed by atoms with van der Waals surface area (Å²) in [5, 5.41) is 11.6. The Labute approximate surface area is 107 Å². The van der Waals surface area contributed by atoms with Crippen LogP contribution in [0.5, 0.6) is 0 Å². The highest BCUT2D eigenvalue weighted by Gasteiger charge is 2.23. The number of urea groups is 1. The summed E-state index contributed by atoms with van der Waals surface area (Å²) in [6, 6.07) is -0.00868. The van der Waals surface area contributed by atoms with Gasteiger partial charge >= 0.3 is 12.0 Å². The molecule has 1 heterocycles. The number of carboxylic acid groups (broad SMARTS) is 1. The molecule has 0 aromatic rings. The first kappa shape index (κ1) is 13.1. The van der Waals surface area contributed by atoms with E-state index in [0.717, 1.165) is 18.9 Å². The van der Waals surface area contributed by atoms with Crippen LogP contribution in [0.4, 0.5) is 4.79 Å². The van der Waals surface area contributed by atoms with Gasteiger partial charge in [-0.1, -0.05) is 12.8 Å². The lowest BCUT2D eigenvalue weighted by Gasteiger charge is -2.33. The van der Waals surface area contributed by atoms with Crippen LogP contribution in [0.3, 0.4) is 0 Å². The number of hydrogen-bond acceptors (Lipinski definition) is 3. The first-order chi connectivity index (χ1) is 8.65. The number of rotatable bonds is 5. The van der Waals surface area contributed by atoms with Crippen LogP contribution in [0, 0.1) is 5.92 Å². The Morgan fingerprint density at radius 2 is 1.83 bits per heavy atom. The highest BCUT2D eigenvalue weighted by atomic mass is 16.4. The van der Waals surface area contributed by atoms with Crippen molar-refractivity contribution in [3.63, 3.8) is 0 Å². The maximum Gasteiger partial charge on any atom is 0.317 e. The molecule has 2 N–H and O–H groups in total. The highest BCUT2D eigenvalue weighted by Crippen LogP contribution is 2.31. The molecule has 1 aliphatic heterocycles. The Balaban J connectivity index is 1.61. The molecule has 1 saturated heterocycles. The van der Waals surface area contributed by atoms with Crippen molar-refractivity contribution < 1.29 is 14.7 Å². The van der Waals surface area contributed by atoms with E-state index < -0.39 is 5.97 Å². The van der Waals surface area contributed by atoms with Gasteiger partial charge in [0.05, 0.1) is 6.54 Å². The third-order valence-electron chi connectivity index (χ3n) is 3.54. The fourth-order valence-corrected chi connectivity index (χ4v) is 2.20. The second kappa shape index (κ2) is 6.04. The zero-order valence-corrected chi connectivity index (χ0v) is 10.6. The van der Waals surface area contributed by atoms with Gasteiger partial charge in [0.15, 0.2) is 0 Å². The molecule has 0 radical (unpaired) electrons. The molecule has 0 unspecified atom stereocenters. The quantitative estimate of drug-likeness (QED) is 0.736. The standard InChI is InChI=1S/C12H21N3O3/c16-11(17)9-14-5-7-15(8-6-14)12(18)13-4-3-10-1-2-10/h10H,1-9H2,(H,13,18)(H,16,17). The minimum atomic E-state index is -0.808. The fraction of sp³-hybridized carbons (Fsp3) is 0.833. The van der Waals surface area contributed by atoms with Crippen molar-refractivity contribution in [3.8, 4) is 0 Å². The Morgan fingerprint density at radius 3 is 2.39 bits per heavy atom. The number of nitrogens with zero attached hydrogens (tertiary/aromatic N) is 2. The molecule has 18 heavy (non-hydrogen) atoms. The van der Waals surface area contributed by atoms with Crippen molar-refractivity contribution in [2.75, 3.05) is 39.3 Å².